The molecule has 1 unspecified atom stereocenters. The second-order valence-corrected chi connectivity index (χ2v) is 4.19. The van der Waals surface area contributed by atoms with E-state index in [1.165, 1.54) is 0 Å². The second kappa shape index (κ2) is 5.00. The van der Waals surface area contributed by atoms with Crippen LogP contribution in [0.2, 0.25) is 0 Å². The van der Waals surface area contributed by atoms with Crippen molar-refractivity contribution in [3.63, 3.8) is 0 Å². The number of nitrogens with two attached hydrogens (primary N) is 1. The van der Waals surface area contributed by atoms with Gasteiger partial charge in [0.1, 0.15) is 0 Å². The molecule has 0 saturated carbocycles. The lowest BCUT2D eigenvalue weighted by molar-refractivity contribution is 0.646. The molecule has 0 fully saturated rings. The molecule has 2 aromatic heterocycles. The van der Waals surface area contributed by atoms with Crippen LogP contribution in [0.4, 0.5) is 0 Å². The summed E-state index contributed by atoms with van der Waals surface area (Å²) in [7, 11) is 0. The van der Waals surface area contributed by atoms with Crippen LogP contribution in [0.25, 0.3) is 0 Å². The normalized spacial score (nSPS) is 12.6. The van der Waals surface area contributed by atoms with Gasteiger partial charge >= 0.3 is 0 Å². The van der Waals surface area contributed by atoms with Gasteiger partial charge in [-0.3, -0.25) is 4.98 Å². The Balaban J connectivity index is 1.90. The molecule has 2 heterocycles. The Labute approximate surface area is 93.0 Å². The van der Waals surface area contributed by atoms with Crippen molar-refractivity contribution < 1.29 is 0 Å². The van der Waals surface area contributed by atoms with Crippen molar-refractivity contribution >= 4 is 11.3 Å². The summed E-state index contributed by atoms with van der Waals surface area (Å²) in [5, 5.41) is 2.04. The number of hydrogen-bond donors (Lipinski definition) is 1. The van der Waals surface area contributed by atoms with Gasteiger partial charge in [0.15, 0.2) is 0 Å². The molecule has 1 atom stereocenters. The first-order valence-electron chi connectivity index (χ1n) is 4.87. The van der Waals surface area contributed by atoms with Crippen molar-refractivity contribution in [2.75, 3.05) is 0 Å². The number of rotatable bonds is 4. The quantitative estimate of drug-likeness (QED) is 0.850. The minimum absolute atomic E-state index is 0.0991. The monoisotopic (exact) mass is 219 g/mol. The van der Waals surface area contributed by atoms with Crippen molar-refractivity contribution in [3.05, 3.63) is 46.7 Å². The van der Waals surface area contributed by atoms with E-state index < -0.39 is 0 Å². The van der Waals surface area contributed by atoms with E-state index >= 15 is 0 Å². The van der Waals surface area contributed by atoms with E-state index in [-0.39, 0.29) is 6.04 Å². The smallest absolute Gasteiger partial charge is 0.0794 e. The molecule has 78 valence electrons. The Kier molecular flexibility index (Phi) is 3.42. The molecule has 4 heteroatoms. The van der Waals surface area contributed by atoms with Crippen LogP contribution < -0.4 is 5.73 Å². The van der Waals surface area contributed by atoms with E-state index in [1.807, 2.05) is 29.1 Å². The van der Waals surface area contributed by atoms with Gasteiger partial charge in [-0.05, 0) is 12.1 Å². The Hall–Kier alpha value is -1.26. The highest BCUT2D eigenvalue weighted by Gasteiger charge is 2.07. The predicted octanol–water partition coefficient (Wildman–Crippen LogP) is 1.65. The van der Waals surface area contributed by atoms with E-state index in [1.54, 1.807) is 17.5 Å². The number of hydrogen-bond acceptors (Lipinski definition) is 4. The first-order chi connectivity index (χ1) is 7.34. The highest BCUT2D eigenvalue weighted by Crippen LogP contribution is 2.06. The van der Waals surface area contributed by atoms with Crippen LogP contribution in [0.5, 0.6) is 0 Å². The van der Waals surface area contributed by atoms with Gasteiger partial charge < -0.3 is 5.73 Å². The molecule has 0 aromatic carbocycles. The molecule has 3 nitrogen and oxygen atoms in total. The van der Waals surface area contributed by atoms with Gasteiger partial charge in [0.25, 0.3) is 0 Å². The van der Waals surface area contributed by atoms with Gasteiger partial charge in [-0.1, -0.05) is 6.07 Å². The van der Waals surface area contributed by atoms with Crippen LogP contribution in [-0.4, -0.2) is 16.0 Å². The van der Waals surface area contributed by atoms with Gasteiger partial charge in [0, 0.05) is 36.2 Å². The zero-order chi connectivity index (χ0) is 10.5. The summed E-state index contributed by atoms with van der Waals surface area (Å²) < 4.78 is 0. The average molecular weight is 219 g/mol. The highest BCUT2D eigenvalue weighted by molar-refractivity contribution is 7.07. The zero-order valence-corrected chi connectivity index (χ0v) is 9.15. The number of pyridine rings is 1. The van der Waals surface area contributed by atoms with Gasteiger partial charge in [-0.2, -0.15) is 0 Å². The van der Waals surface area contributed by atoms with Gasteiger partial charge in [0.05, 0.1) is 11.2 Å². The first kappa shape index (κ1) is 10.3. The molecular weight excluding hydrogens is 206 g/mol. The van der Waals surface area contributed by atoms with Gasteiger partial charge in [-0.25, -0.2) is 4.98 Å². The molecule has 0 radical (unpaired) electrons. The fourth-order valence-electron chi connectivity index (χ4n) is 1.47. The minimum atomic E-state index is 0.0991. The van der Waals surface area contributed by atoms with Crippen LogP contribution >= 0.6 is 11.3 Å². The van der Waals surface area contributed by atoms with E-state index in [0.29, 0.717) is 0 Å². The van der Waals surface area contributed by atoms with Gasteiger partial charge in [-0.15, -0.1) is 11.3 Å². The van der Waals surface area contributed by atoms with Crippen molar-refractivity contribution in [1.29, 1.82) is 0 Å². The Morgan fingerprint density at radius 3 is 2.73 bits per heavy atom. The maximum atomic E-state index is 6.02. The lowest BCUT2D eigenvalue weighted by atomic mass is 10.1. The summed E-state index contributed by atoms with van der Waals surface area (Å²) in [5.74, 6) is 0. The van der Waals surface area contributed by atoms with Crippen molar-refractivity contribution in [2.45, 2.75) is 18.9 Å². The van der Waals surface area contributed by atoms with Crippen molar-refractivity contribution in [3.8, 4) is 0 Å². The Bertz CT molecular complexity index is 385. The molecule has 0 amide bonds. The van der Waals surface area contributed by atoms with Crippen LogP contribution in [-0.2, 0) is 12.8 Å². The first-order valence-corrected chi connectivity index (χ1v) is 5.81. The molecule has 2 aromatic rings. The fourth-order valence-corrected chi connectivity index (χ4v) is 2.04. The summed E-state index contributed by atoms with van der Waals surface area (Å²) >= 11 is 1.61. The van der Waals surface area contributed by atoms with E-state index in [4.69, 9.17) is 5.73 Å². The molecule has 0 aliphatic rings. The van der Waals surface area contributed by atoms with Gasteiger partial charge in [0.2, 0.25) is 0 Å². The van der Waals surface area contributed by atoms with Crippen molar-refractivity contribution in [1.82, 2.24) is 9.97 Å². The third kappa shape index (κ3) is 3.11. The highest BCUT2D eigenvalue weighted by atomic mass is 32.1. The third-order valence-electron chi connectivity index (χ3n) is 2.15. The Morgan fingerprint density at radius 1 is 1.20 bits per heavy atom. The Morgan fingerprint density at radius 2 is 2.07 bits per heavy atom. The molecule has 2 N–H and O–H groups in total. The van der Waals surface area contributed by atoms with E-state index in [2.05, 4.69) is 9.97 Å². The second-order valence-electron chi connectivity index (χ2n) is 3.47. The standard InChI is InChI=1S/C11H13N3S/c12-9(6-11-7-15-8-14-11)5-10-3-1-2-4-13-10/h1-4,7-9H,5-6,12H2. The largest absolute Gasteiger partial charge is 0.327 e. The summed E-state index contributed by atoms with van der Waals surface area (Å²) in [4.78, 5) is 8.47. The molecule has 0 spiro atoms. The lowest BCUT2D eigenvalue weighted by Gasteiger charge is -2.08. The molecule has 2 rings (SSSR count). The number of thiazole rings is 1. The lowest BCUT2D eigenvalue weighted by Crippen LogP contribution is -2.26. The SMILES string of the molecule is NC(Cc1ccccn1)Cc1cscn1. The van der Waals surface area contributed by atoms with E-state index in [0.717, 1.165) is 24.2 Å². The summed E-state index contributed by atoms with van der Waals surface area (Å²) in [5.41, 5.74) is 9.97. The summed E-state index contributed by atoms with van der Waals surface area (Å²) in [6, 6.07) is 6.00. The molecular formula is C11H13N3S. The van der Waals surface area contributed by atoms with Crippen LogP contribution in [0.1, 0.15) is 11.4 Å². The molecule has 0 aliphatic heterocycles. The number of nitrogens with zero attached hydrogens (tertiary/aromatic N) is 2. The topological polar surface area (TPSA) is 51.8 Å². The average Bonchev–Trinajstić information content (AvgIpc) is 2.71. The van der Waals surface area contributed by atoms with Crippen LogP contribution in [0, 0.1) is 0 Å². The van der Waals surface area contributed by atoms with Crippen LogP contribution in [0.3, 0.4) is 0 Å². The predicted molar refractivity (Wildman–Crippen MR) is 61.7 cm³/mol. The van der Waals surface area contributed by atoms with Crippen LogP contribution in [0.15, 0.2) is 35.3 Å². The third-order valence-corrected chi connectivity index (χ3v) is 2.79. The van der Waals surface area contributed by atoms with E-state index in [9.17, 15) is 0 Å². The fraction of sp³-hybridized carbons (Fsp3) is 0.273. The zero-order valence-electron chi connectivity index (χ0n) is 8.34. The molecule has 0 aliphatic carbocycles. The molecule has 0 saturated heterocycles. The maximum absolute atomic E-state index is 6.02. The number of aromatic nitrogens is 2. The summed E-state index contributed by atoms with van der Waals surface area (Å²) in [6.45, 7) is 0. The summed E-state index contributed by atoms with van der Waals surface area (Å²) in [6.07, 6.45) is 3.42. The molecule has 0 bridgehead atoms. The van der Waals surface area contributed by atoms with Crippen molar-refractivity contribution in [2.24, 2.45) is 5.73 Å². The maximum Gasteiger partial charge on any atom is 0.0794 e. The minimum Gasteiger partial charge on any atom is -0.327 e. The molecule has 15 heavy (non-hydrogen) atoms.